The van der Waals surface area contributed by atoms with Gasteiger partial charge in [0.15, 0.2) is 0 Å². The van der Waals surface area contributed by atoms with E-state index in [0.717, 1.165) is 17.1 Å². The largest absolute Gasteiger partial charge is 0.429 e. The second kappa shape index (κ2) is 6.58. The summed E-state index contributed by atoms with van der Waals surface area (Å²) >= 11 is 0. The number of hydrogen-bond acceptors (Lipinski definition) is 4. The molecule has 0 aliphatic carbocycles. The summed E-state index contributed by atoms with van der Waals surface area (Å²) in [6.07, 6.45) is 3.25. The van der Waals surface area contributed by atoms with E-state index in [4.69, 9.17) is 5.26 Å². The first kappa shape index (κ1) is 16.3. The van der Waals surface area contributed by atoms with E-state index in [1.165, 1.54) is 0 Å². The predicted molar refractivity (Wildman–Crippen MR) is 75.8 cm³/mol. The van der Waals surface area contributed by atoms with Gasteiger partial charge < -0.3 is 9.80 Å². The maximum atomic E-state index is 8.86. The molecule has 0 amide bonds. The SMILES string of the molecule is CN(C)c1c[c-]c(-n2cc(C#N)cn2)c(N(C)C)c1.[Pt]. The molecule has 0 saturated heterocycles. The molecule has 108 valence electrons. The fraction of sp³-hybridized carbons (Fsp3) is 0.286. The Balaban J connectivity index is 0.00000200. The number of nitrogens with zero attached hydrogens (tertiary/aromatic N) is 5. The molecule has 1 aromatic heterocycles. The van der Waals surface area contributed by atoms with Crippen molar-refractivity contribution in [2.45, 2.75) is 0 Å². The molecule has 2 aromatic rings. The van der Waals surface area contributed by atoms with Crippen molar-refractivity contribution in [3.05, 3.63) is 36.2 Å². The van der Waals surface area contributed by atoms with Gasteiger partial charge in [0.2, 0.25) is 0 Å². The third kappa shape index (κ3) is 3.20. The quantitative estimate of drug-likeness (QED) is 0.670. The molecule has 20 heavy (non-hydrogen) atoms. The second-order valence-corrected chi connectivity index (χ2v) is 4.67. The zero-order chi connectivity index (χ0) is 14.0. The molecule has 0 N–H and O–H groups in total. The monoisotopic (exact) mass is 449 g/mol. The summed E-state index contributed by atoms with van der Waals surface area (Å²) in [4.78, 5) is 4.03. The van der Waals surface area contributed by atoms with Gasteiger partial charge in [0.05, 0.1) is 11.8 Å². The van der Waals surface area contributed by atoms with E-state index in [9.17, 15) is 0 Å². The minimum Gasteiger partial charge on any atom is -0.429 e. The summed E-state index contributed by atoms with van der Waals surface area (Å²) in [7, 11) is 7.93. The van der Waals surface area contributed by atoms with Crippen molar-refractivity contribution in [2.75, 3.05) is 38.0 Å². The minimum absolute atomic E-state index is 0. The van der Waals surface area contributed by atoms with Gasteiger partial charge in [0, 0.05) is 27.3 Å². The summed E-state index contributed by atoms with van der Waals surface area (Å²) in [6.45, 7) is 0. The first-order chi connectivity index (χ1) is 9.02. The van der Waals surface area contributed by atoms with Crippen molar-refractivity contribution in [3.8, 4) is 11.8 Å². The molecule has 0 aliphatic rings. The van der Waals surface area contributed by atoms with Crippen LogP contribution in [0.15, 0.2) is 24.5 Å². The van der Waals surface area contributed by atoms with Gasteiger partial charge in [-0.25, -0.2) is 0 Å². The molecule has 0 aliphatic heterocycles. The van der Waals surface area contributed by atoms with Gasteiger partial charge in [-0.2, -0.15) is 22.5 Å². The summed E-state index contributed by atoms with van der Waals surface area (Å²) in [5.41, 5.74) is 3.44. The average molecular weight is 449 g/mol. The minimum atomic E-state index is 0. The zero-order valence-corrected chi connectivity index (χ0v) is 14.1. The van der Waals surface area contributed by atoms with Crippen LogP contribution in [-0.4, -0.2) is 38.0 Å². The molecule has 0 saturated carbocycles. The molecule has 0 fully saturated rings. The van der Waals surface area contributed by atoms with Crippen molar-refractivity contribution in [2.24, 2.45) is 0 Å². The van der Waals surface area contributed by atoms with E-state index >= 15 is 0 Å². The second-order valence-electron chi connectivity index (χ2n) is 4.67. The maximum absolute atomic E-state index is 8.86. The number of nitriles is 1. The summed E-state index contributed by atoms with van der Waals surface area (Å²) < 4.78 is 1.67. The molecule has 0 atom stereocenters. The number of anilines is 2. The molecule has 0 bridgehead atoms. The van der Waals surface area contributed by atoms with E-state index in [1.54, 1.807) is 17.1 Å². The Hall–Kier alpha value is -1.79. The zero-order valence-electron chi connectivity index (χ0n) is 11.9. The van der Waals surface area contributed by atoms with Crippen LogP contribution in [0.1, 0.15) is 5.56 Å². The molecule has 1 heterocycles. The van der Waals surface area contributed by atoms with E-state index in [1.807, 2.05) is 44.1 Å². The molecule has 5 nitrogen and oxygen atoms in total. The maximum Gasteiger partial charge on any atom is 0.102 e. The third-order valence-corrected chi connectivity index (χ3v) is 2.82. The van der Waals surface area contributed by atoms with Crippen LogP contribution in [0.4, 0.5) is 11.4 Å². The first-order valence-electron chi connectivity index (χ1n) is 5.88. The number of rotatable bonds is 3. The van der Waals surface area contributed by atoms with Crippen LogP contribution in [0.25, 0.3) is 5.69 Å². The molecule has 1 aromatic carbocycles. The van der Waals surface area contributed by atoms with Gasteiger partial charge >= 0.3 is 0 Å². The smallest absolute Gasteiger partial charge is 0.102 e. The fourth-order valence-electron chi connectivity index (χ4n) is 1.75. The van der Waals surface area contributed by atoms with Gasteiger partial charge in [0.25, 0.3) is 0 Å². The van der Waals surface area contributed by atoms with Crippen molar-refractivity contribution in [1.82, 2.24) is 9.78 Å². The third-order valence-electron chi connectivity index (χ3n) is 2.82. The summed E-state index contributed by atoms with van der Waals surface area (Å²) in [5, 5.41) is 13.1. The Labute approximate surface area is 133 Å². The van der Waals surface area contributed by atoms with Crippen molar-refractivity contribution >= 4 is 11.4 Å². The predicted octanol–water partition coefficient (Wildman–Crippen LogP) is 1.67. The van der Waals surface area contributed by atoms with Crippen LogP contribution < -0.4 is 9.80 Å². The van der Waals surface area contributed by atoms with Crippen molar-refractivity contribution < 1.29 is 21.1 Å². The summed E-state index contributed by atoms with van der Waals surface area (Å²) in [5.74, 6) is 0. The van der Waals surface area contributed by atoms with Crippen LogP contribution >= 0.6 is 0 Å². The van der Waals surface area contributed by atoms with Crippen molar-refractivity contribution in [1.29, 1.82) is 5.26 Å². The van der Waals surface area contributed by atoms with Crippen LogP contribution in [0.5, 0.6) is 0 Å². The van der Waals surface area contributed by atoms with Gasteiger partial charge in [0.1, 0.15) is 6.07 Å². The van der Waals surface area contributed by atoms with E-state index in [0.29, 0.717) is 5.56 Å². The fourth-order valence-corrected chi connectivity index (χ4v) is 1.75. The molecular formula is C14H16N5Pt-. The Morgan fingerprint density at radius 2 is 1.95 bits per heavy atom. The number of benzene rings is 1. The topological polar surface area (TPSA) is 48.1 Å². The standard InChI is InChI=1S/C14H16N5.Pt/c1-17(2)12-5-6-13(14(7-12)18(3)4)19-10-11(8-15)9-16-19;/h5,7,9-10H,1-4H3;/q-1;. The van der Waals surface area contributed by atoms with E-state index < -0.39 is 0 Å². The summed E-state index contributed by atoms with van der Waals surface area (Å²) in [6, 6.07) is 9.29. The number of hydrogen-bond donors (Lipinski definition) is 0. The molecule has 0 unspecified atom stereocenters. The molecule has 0 radical (unpaired) electrons. The van der Waals surface area contributed by atoms with Gasteiger partial charge in [-0.05, 0) is 39.6 Å². The normalized spacial score (nSPS) is 9.55. The van der Waals surface area contributed by atoms with E-state index in [2.05, 4.69) is 23.3 Å². The van der Waals surface area contributed by atoms with E-state index in [-0.39, 0.29) is 21.1 Å². The number of aromatic nitrogens is 2. The van der Waals surface area contributed by atoms with Gasteiger partial charge in [-0.15, -0.1) is 6.07 Å². The molecule has 0 spiro atoms. The Morgan fingerprint density at radius 1 is 1.25 bits per heavy atom. The Kier molecular flexibility index (Phi) is 5.35. The first-order valence-corrected chi connectivity index (χ1v) is 5.88. The van der Waals surface area contributed by atoms with Crippen LogP contribution in [0, 0.1) is 17.4 Å². The Bertz CT molecular complexity index is 625. The molecule has 2 rings (SSSR count). The van der Waals surface area contributed by atoms with Crippen LogP contribution in [0.2, 0.25) is 0 Å². The van der Waals surface area contributed by atoms with Crippen LogP contribution in [0.3, 0.4) is 0 Å². The molecular weight excluding hydrogens is 433 g/mol. The average Bonchev–Trinajstić information content (AvgIpc) is 2.86. The van der Waals surface area contributed by atoms with Gasteiger partial charge in [-0.3, -0.25) is 4.68 Å². The molecule has 6 heteroatoms. The van der Waals surface area contributed by atoms with Gasteiger partial charge in [-0.1, -0.05) is 5.69 Å². The Morgan fingerprint density at radius 3 is 2.45 bits per heavy atom. The van der Waals surface area contributed by atoms with Crippen LogP contribution in [-0.2, 0) is 21.1 Å². The van der Waals surface area contributed by atoms with Crippen molar-refractivity contribution in [3.63, 3.8) is 0 Å².